The molecule has 0 unspecified atom stereocenters. The highest BCUT2D eigenvalue weighted by Crippen LogP contribution is 2.28. The number of ether oxygens (including phenoxy) is 1. The van der Waals surface area contributed by atoms with Crippen molar-refractivity contribution in [3.05, 3.63) is 22.7 Å². The molecule has 28 heavy (non-hydrogen) atoms. The van der Waals surface area contributed by atoms with Crippen LogP contribution in [0, 0.1) is 22.7 Å². The quantitative estimate of drug-likeness (QED) is 0.531. The second-order valence-electron chi connectivity index (χ2n) is 7.37. The van der Waals surface area contributed by atoms with E-state index < -0.39 is 5.60 Å². The van der Waals surface area contributed by atoms with Gasteiger partial charge in [0.15, 0.2) is 0 Å². The first-order chi connectivity index (χ1) is 13.2. The van der Waals surface area contributed by atoms with E-state index in [4.69, 9.17) is 15.3 Å². The molecule has 0 aromatic heterocycles. The number of halogens is 1. The van der Waals surface area contributed by atoms with Crippen molar-refractivity contribution in [2.45, 2.75) is 45.3 Å². The van der Waals surface area contributed by atoms with Crippen molar-refractivity contribution in [3.8, 4) is 12.1 Å². The summed E-state index contributed by atoms with van der Waals surface area (Å²) >= 11 is 3.41. The number of likely N-dealkylation sites (tertiary alicyclic amines) is 1. The molecule has 8 nitrogen and oxygen atoms in total. The van der Waals surface area contributed by atoms with Gasteiger partial charge < -0.3 is 15.0 Å². The van der Waals surface area contributed by atoms with Crippen LogP contribution in [-0.2, 0) is 4.74 Å². The van der Waals surface area contributed by atoms with E-state index in [9.17, 15) is 4.79 Å². The lowest BCUT2D eigenvalue weighted by Gasteiger charge is -2.34. The van der Waals surface area contributed by atoms with Crippen LogP contribution in [0.2, 0.25) is 0 Å². The fourth-order valence-electron chi connectivity index (χ4n) is 2.68. The minimum atomic E-state index is -0.504. The zero-order valence-corrected chi connectivity index (χ0v) is 17.7. The molecule has 1 aromatic carbocycles. The number of nitriles is 2. The Balaban J connectivity index is 2.00. The van der Waals surface area contributed by atoms with Crippen LogP contribution in [-0.4, -0.2) is 41.4 Å². The van der Waals surface area contributed by atoms with Gasteiger partial charge in [-0.3, -0.25) is 5.43 Å². The predicted molar refractivity (Wildman–Crippen MR) is 111 cm³/mol. The smallest absolute Gasteiger partial charge is 0.410 e. The molecular formula is C19H23BrN6O2. The number of hydrazone groups is 1. The van der Waals surface area contributed by atoms with Crippen molar-refractivity contribution < 1.29 is 9.53 Å². The zero-order chi connectivity index (χ0) is 20.7. The Bertz CT molecular complexity index is 810. The molecule has 0 bridgehead atoms. The summed E-state index contributed by atoms with van der Waals surface area (Å²) in [6, 6.07) is 9.20. The molecule has 1 saturated heterocycles. The average molecular weight is 447 g/mol. The number of nitrogens with one attached hydrogen (secondary N) is 2. The summed E-state index contributed by atoms with van der Waals surface area (Å²) in [7, 11) is 0. The number of hydrogen-bond donors (Lipinski definition) is 2. The van der Waals surface area contributed by atoms with E-state index >= 15 is 0 Å². The second kappa shape index (κ2) is 9.43. The number of carbonyl (C=O) groups excluding carboxylic acids is 1. The van der Waals surface area contributed by atoms with Gasteiger partial charge in [0, 0.05) is 23.6 Å². The molecule has 1 aromatic rings. The molecule has 1 amide bonds. The van der Waals surface area contributed by atoms with E-state index in [1.807, 2.05) is 39.0 Å². The average Bonchev–Trinajstić information content (AvgIpc) is 2.63. The van der Waals surface area contributed by atoms with Gasteiger partial charge >= 0.3 is 6.09 Å². The minimum Gasteiger partial charge on any atom is -0.444 e. The van der Waals surface area contributed by atoms with Crippen LogP contribution in [0.3, 0.4) is 0 Å². The number of anilines is 2. The third-order valence-corrected chi connectivity index (χ3v) is 4.48. The van der Waals surface area contributed by atoms with Crippen LogP contribution in [0.25, 0.3) is 0 Å². The van der Waals surface area contributed by atoms with E-state index in [0.29, 0.717) is 18.8 Å². The van der Waals surface area contributed by atoms with Crippen molar-refractivity contribution in [2.75, 3.05) is 23.8 Å². The van der Waals surface area contributed by atoms with E-state index in [-0.39, 0.29) is 17.8 Å². The summed E-state index contributed by atoms with van der Waals surface area (Å²) < 4.78 is 6.26. The van der Waals surface area contributed by atoms with Crippen molar-refractivity contribution in [3.63, 3.8) is 0 Å². The first-order valence-electron chi connectivity index (χ1n) is 8.90. The molecule has 1 fully saturated rings. The van der Waals surface area contributed by atoms with E-state index in [2.05, 4.69) is 31.8 Å². The SMILES string of the molecule is CC(C)(C)OC(=O)N1CCC(Nc2ccc(Br)cc2NN=C(C#N)C#N)CC1. The van der Waals surface area contributed by atoms with Gasteiger partial charge in [-0.15, -0.1) is 0 Å². The van der Waals surface area contributed by atoms with Crippen LogP contribution in [0.4, 0.5) is 16.2 Å². The Morgan fingerprint density at radius 1 is 1.25 bits per heavy atom. The predicted octanol–water partition coefficient (Wildman–Crippen LogP) is 4.08. The Morgan fingerprint density at radius 2 is 1.89 bits per heavy atom. The van der Waals surface area contributed by atoms with Crippen molar-refractivity contribution >= 4 is 39.1 Å². The van der Waals surface area contributed by atoms with Crippen LogP contribution >= 0.6 is 15.9 Å². The van der Waals surface area contributed by atoms with Gasteiger partial charge in [-0.2, -0.15) is 15.6 Å². The van der Waals surface area contributed by atoms with Crippen LogP contribution in [0.5, 0.6) is 0 Å². The molecule has 9 heteroatoms. The zero-order valence-electron chi connectivity index (χ0n) is 16.1. The van der Waals surface area contributed by atoms with Crippen LogP contribution in [0.15, 0.2) is 27.8 Å². The molecule has 0 radical (unpaired) electrons. The standard InChI is InChI=1S/C19H23BrN6O2/c1-19(2,3)28-18(27)26-8-6-14(7-9-26)23-16-5-4-13(20)10-17(16)25-24-15(11-21)12-22/h4-5,10,14,23,25H,6-9H2,1-3H3. The summed E-state index contributed by atoms with van der Waals surface area (Å²) in [4.78, 5) is 13.9. The van der Waals surface area contributed by atoms with E-state index in [0.717, 1.165) is 23.0 Å². The first kappa shape index (κ1) is 21.5. The molecule has 0 aliphatic carbocycles. The van der Waals surface area contributed by atoms with Gasteiger partial charge in [-0.05, 0) is 51.8 Å². The number of hydrogen-bond acceptors (Lipinski definition) is 7. The van der Waals surface area contributed by atoms with E-state index in [1.165, 1.54) is 0 Å². The molecule has 148 valence electrons. The highest BCUT2D eigenvalue weighted by Gasteiger charge is 2.27. The monoisotopic (exact) mass is 446 g/mol. The molecule has 2 rings (SSSR count). The van der Waals surface area contributed by atoms with Gasteiger partial charge in [0.2, 0.25) is 5.71 Å². The van der Waals surface area contributed by atoms with Crippen molar-refractivity contribution in [2.24, 2.45) is 5.10 Å². The number of benzene rings is 1. The van der Waals surface area contributed by atoms with Crippen molar-refractivity contribution in [1.82, 2.24) is 4.90 Å². The topological polar surface area (TPSA) is 114 Å². The third kappa shape index (κ3) is 6.43. The summed E-state index contributed by atoms with van der Waals surface area (Å²) in [6.45, 7) is 6.78. The van der Waals surface area contributed by atoms with Gasteiger partial charge in [-0.25, -0.2) is 4.79 Å². The molecule has 1 heterocycles. The van der Waals surface area contributed by atoms with Gasteiger partial charge in [0.25, 0.3) is 0 Å². The fraction of sp³-hybridized carbons (Fsp3) is 0.474. The maximum absolute atomic E-state index is 12.2. The summed E-state index contributed by atoms with van der Waals surface area (Å²) in [5.74, 6) is 0. The Labute approximate surface area is 173 Å². The number of nitrogens with zero attached hydrogens (tertiary/aromatic N) is 4. The maximum atomic E-state index is 12.2. The lowest BCUT2D eigenvalue weighted by Crippen LogP contribution is -2.44. The number of amides is 1. The number of piperidine rings is 1. The minimum absolute atomic E-state index is 0.177. The Hall–Kier alpha value is -2.78. The molecule has 1 aliphatic rings. The molecule has 0 spiro atoms. The lowest BCUT2D eigenvalue weighted by molar-refractivity contribution is 0.0210. The summed E-state index contributed by atoms with van der Waals surface area (Å²) in [6.07, 6.45) is 1.27. The third-order valence-electron chi connectivity index (χ3n) is 3.99. The fourth-order valence-corrected chi connectivity index (χ4v) is 3.04. The van der Waals surface area contributed by atoms with Crippen molar-refractivity contribution in [1.29, 1.82) is 10.5 Å². The van der Waals surface area contributed by atoms with Crippen LogP contribution < -0.4 is 10.7 Å². The Kier molecular flexibility index (Phi) is 7.24. The van der Waals surface area contributed by atoms with Gasteiger partial charge in [-0.1, -0.05) is 15.9 Å². The van der Waals surface area contributed by atoms with Gasteiger partial charge in [0.05, 0.1) is 11.4 Å². The molecular weight excluding hydrogens is 424 g/mol. The summed E-state index contributed by atoms with van der Waals surface area (Å²) in [5.41, 5.74) is 3.46. The lowest BCUT2D eigenvalue weighted by atomic mass is 10.0. The first-order valence-corrected chi connectivity index (χ1v) is 9.69. The maximum Gasteiger partial charge on any atom is 0.410 e. The van der Waals surface area contributed by atoms with E-state index in [1.54, 1.807) is 17.0 Å². The largest absolute Gasteiger partial charge is 0.444 e. The number of carbonyl (C=O) groups is 1. The Morgan fingerprint density at radius 3 is 2.46 bits per heavy atom. The second-order valence-corrected chi connectivity index (χ2v) is 8.29. The normalized spacial score (nSPS) is 14.4. The van der Waals surface area contributed by atoms with Crippen LogP contribution in [0.1, 0.15) is 33.6 Å². The molecule has 2 N–H and O–H groups in total. The molecule has 1 aliphatic heterocycles. The highest BCUT2D eigenvalue weighted by atomic mass is 79.9. The summed E-state index contributed by atoms with van der Waals surface area (Å²) in [5, 5.41) is 24.9. The van der Waals surface area contributed by atoms with Gasteiger partial charge in [0.1, 0.15) is 17.7 Å². The molecule has 0 saturated carbocycles. The number of rotatable bonds is 4. The molecule has 0 atom stereocenters. The highest BCUT2D eigenvalue weighted by molar-refractivity contribution is 9.10.